The van der Waals surface area contributed by atoms with Crippen LogP contribution in [0.25, 0.3) is 0 Å². The van der Waals surface area contributed by atoms with E-state index in [2.05, 4.69) is 10.3 Å². The fraction of sp³-hybridized carbons (Fsp3) is 0.647. The van der Waals surface area contributed by atoms with Gasteiger partial charge in [-0.05, 0) is 38.8 Å². The Labute approximate surface area is 136 Å². The number of aliphatic hydroxyl groups excluding tert-OH is 1. The molecular formula is C17H25N3O3. The molecule has 1 amide bonds. The number of likely N-dealkylation sites (tertiary alicyclic amines) is 1. The highest BCUT2D eigenvalue weighted by Gasteiger charge is 2.44. The largest absolute Gasteiger partial charge is 0.494 e. The lowest BCUT2D eigenvalue weighted by Gasteiger charge is -2.48. The summed E-state index contributed by atoms with van der Waals surface area (Å²) in [7, 11) is 1.55. The zero-order valence-corrected chi connectivity index (χ0v) is 13.8. The van der Waals surface area contributed by atoms with Crippen LogP contribution < -0.4 is 10.1 Å². The third kappa shape index (κ3) is 3.05. The molecule has 6 nitrogen and oxygen atoms in total. The molecule has 1 aromatic heterocycles. The van der Waals surface area contributed by atoms with E-state index < -0.39 is 0 Å². The van der Waals surface area contributed by atoms with Crippen LogP contribution in [-0.4, -0.2) is 60.3 Å². The molecule has 0 unspecified atom stereocenters. The molecule has 23 heavy (non-hydrogen) atoms. The van der Waals surface area contributed by atoms with Crippen molar-refractivity contribution in [3.63, 3.8) is 0 Å². The van der Waals surface area contributed by atoms with E-state index in [1.807, 2.05) is 11.8 Å². The number of ether oxygens (including phenoxy) is 1. The molecule has 3 rings (SSSR count). The number of carbonyl (C=O) groups excluding carboxylic acids is 1. The van der Waals surface area contributed by atoms with Crippen molar-refractivity contribution in [3.05, 3.63) is 23.5 Å². The molecule has 126 valence electrons. The second kappa shape index (κ2) is 6.45. The minimum atomic E-state index is -0.347. The van der Waals surface area contributed by atoms with Crippen LogP contribution in [0.3, 0.4) is 0 Å². The van der Waals surface area contributed by atoms with Crippen molar-refractivity contribution in [2.24, 2.45) is 5.41 Å². The number of rotatable bonds is 2. The normalized spacial score (nSPS) is 28.0. The number of pyridine rings is 1. The maximum Gasteiger partial charge on any atom is 0.257 e. The highest BCUT2D eigenvalue weighted by atomic mass is 16.5. The smallest absolute Gasteiger partial charge is 0.257 e. The second-order valence-corrected chi connectivity index (χ2v) is 6.70. The Balaban J connectivity index is 1.84. The molecule has 3 heterocycles. The van der Waals surface area contributed by atoms with Gasteiger partial charge >= 0.3 is 0 Å². The zero-order valence-electron chi connectivity index (χ0n) is 13.8. The summed E-state index contributed by atoms with van der Waals surface area (Å²) >= 11 is 0. The topological polar surface area (TPSA) is 74.7 Å². The summed E-state index contributed by atoms with van der Waals surface area (Å²) in [6.45, 7) is 4.78. The Hall–Kier alpha value is -1.66. The quantitative estimate of drug-likeness (QED) is 0.850. The summed E-state index contributed by atoms with van der Waals surface area (Å²) in [4.78, 5) is 19.0. The van der Waals surface area contributed by atoms with Gasteiger partial charge in [0.1, 0.15) is 5.75 Å². The van der Waals surface area contributed by atoms with Gasteiger partial charge in [-0.15, -0.1) is 0 Å². The summed E-state index contributed by atoms with van der Waals surface area (Å²) < 4.78 is 5.30. The van der Waals surface area contributed by atoms with E-state index in [1.54, 1.807) is 19.4 Å². The van der Waals surface area contributed by atoms with E-state index in [0.29, 0.717) is 17.9 Å². The van der Waals surface area contributed by atoms with Gasteiger partial charge in [-0.2, -0.15) is 0 Å². The maximum absolute atomic E-state index is 13.0. The molecular weight excluding hydrogens is 294 g/mol. The van der Waals surface area contributed by atoms with Gasteiger partial charge in [0.15, 0.2) is 0 Å². The van der Waals surface area contributed by atoms with Crippen molar-refractivity contribution in [1.29, 1.82) is 0 Å². The Morgan fingerprint density at radius 1 is 1.57 bits per heavy atom. The summed E-state index contributed by atoms with van der Waals surface area (Å²) in [6, 6.07) is 1.78. The monoisotopic (exact) mass is 319 g/mol. The number of hydrogen-bond donors (Lipinski definition) is 2. The first-order valence-electron chi connectivity index (χ1n) is 8.24. The number of hydrogen-bond acceptors (Lipinski definition) is 5. The fourth-order valence-electron chi connectivity index (χ4n) is 3.80. The van der Waals surface area contributed by atoms with Crippen LogP contribution in [0.4, 0.5) is 0 Å². The number of aromatic nitrogens is 1. The molecule has 2 fully saturated rings. The van der Waals surface area contributed by atoms with E-state index in [4.69, 9.17) is 4.74 Å². The molecule has 1 spiro atoms. The van der Waals surface area contributed by atoms with Gasteiger partial charge in [0.25, 0.3) is 5.91 Å². The first kappa shape index (κ1) is 16.2. The van der Waals surface area contributed by atoms with Gasteiger partial charge in [-0.3, -0.25) is 9.78 Å². The molecule has 2 aliphatic heterocycles. The standard InChI is InChI=1S/C17H25N3O3/c1-12-8-13(14(23-2)9-19-12)16(22)20-7-3-5-17(11-20)10-18-6-4-15(17)21/h8-9,15,18,21H,3-7,10-11H2,1-2H3/t15-,17-/m0/s1. The molecule has 1 aromatic rings. The minimum Gasteiger partial charge on any atom is -0.494 e. The lowest BCUT2D eigenvalue weighted by Crippen LogP contribution is -2.58. The third-order valence-corrected chi connectivity index (χ3v) is 5.13. The number of piperidine rings is 2. The average Bonchev–Trinajstić information content (AvgIpc) is 2.57. The van der Waals surface area contributed by atoms with Crippen LogP contribution in [0.2, 0.25) is 0 Å². The molecule has 0 aliphatic carbocycles. The van der Waals surface area contributed by atoms with Crippen LogP contribution in [0.15, 0.2) is 12.3 Å². The van der Waals surface area contributed by atoms with Crippen molar-refractivity contribution < 1.29 is 14.6 Å². The highest BCUT2D eigenvalue weighted by Crippen LogP contribution is 2.37. The third-order valence-electron chi connectivity index (χ3n) is 5.13. The predicted octanol–water partition coefficient (Wildman–Crippen LogP) is 0.975. The molecule has 0 saturated carbocycles. The van der Waals surface area contributed by atoms with Gasteiger partial charge in [-0.1, -0.05) is 0 Å². The van der Waals surface area contributed by atoms with Crippen molar-refractivity contribution in [1.82, 2.24) is 15.2 Å². The molecule has 0 radical (unpaired) electrons. The second-order valence-electron chi connectivity index (χ2n) is 6.70. The van der Waals surface area contributed by atoms with Crippen LogP contribution >= 0.6 is 0 Å². The SMILES string of the molecule is COc1cnc(C)cc1C(=O)N1CCC[C@]2(CNCC[C@@H]2O)C1. The fourth-order valence-corrected chi connectivity index (χ4v) is 3.80. The lowest BCUT2D eigenvalue weighted by molar-refractivity contribution is -0.0433. The molecule has 2 atom stereocenters. The first-order chi connectivity index (χ1) is 11.1. The van der Waals surface area contributed by atoms with E-state index >= 15 is 0 Å². The highest BCUT2D eigenvalue weighted by molar-refractivity contribution is 5.97. The summed E-state index contributed by atoms with van der Waals surface area (Å²) in [5.74, 6) is 0.465. The molecule has 2 aliphatic rings. The first-order valence-corrected chi connectivity index (χ1v) is 8.24. The Morgan fingerprint density at radius 2 is 2.39 bits per heavy atom. The van der Waals surface area contributed by atoms with E-state index in [0.717, 1.165) is 44.6 Å². The number of nitrogens with zero attached hydrogens (tertiary/aromatic N) is 2. The van der Waals surface area contributed by atoms with Gasteiger partial charge in [0, 0.05) is 30.7 Å². The summed E-state index contributed by atoms with van der Waals surface area (Å²) in [5, 5.41) is 13.9. The molecule has 0 aromatic carbocycles. The molecule has 2 saturated heterocycles. The number of aliphatic hydroxyl groups is 1. The average molecular weight is 319 g/mol. The van der Waals surface area contributed by atoms with Crippen LogP contribution in [0.5, 0.6) is 5.75 Å². The number of aryl methyl sites for hydroxylation is 1. The van der Waals surface area contributed by atoms with E-state index in [-0.39, 0.29) is 17.4 Å². The van der Waals surface area contributed by atoms with Gasteiger partial charge in [-0.25, -0.2) is 0 Å². The number of nitrogens with one attached hydrogen (secondary N) is 1. The summed E-state index contributed by atoms with van der Waals surface area (Å²) in [6.07, 6.45) is 3.87. The molecule has 0 bridgehead atoms. The van der Waals surface area contributed by atoms with Crippen LogP contribution in [-0.2, 0) is 0 Å². The number of amides is 1. The van der Waals surface area contributed by atoms with Gasteiger partial charge < -0.3 is 20.1 Å². The lowest BCUT2D eigenvalue weighted by atomic mass is 9.72. The van der Waals surface area contributed by atoms with E-state index in [1.165, 1.54) is 0 Å². The number of methoxy groups -OCH3 is 1. The van der Waals surface area contributed by atoms with Crippen molar-refractivity contribution >= 4 is 5.91 Å². The predicted molar refractivity (Wildman–Crippen MR) is 86.6 cm³/mol. The van der Waals surface area contributed by atoms with Crippen LogP contribution in [0, 0.1) is 12.3 Å². The number of carbonyl (C=O) groups is 1. The van der Waals surface area contributed by atoms with Gasteiger partial charge in [0.2, 0.25) is 0 Å². The Morgan fingerprint density at radius 3 is 3.13 bits per heavy atom. The van der Waals surface area contributed by atoms with E-state index in [9.17, 15) is 9.90 Å². The molecule has 6 heteroatoms. The van der Waals surface area contributed by atoms with Crippen LogP contribution in [0.1, 0.15) is 35.3 Å². The van der Waals surface area contributed by atoms with Gasteiger partial charge in [0.05, 0.1) is 25.0 Å². The molecule has 2 N–H and O–H groups in total. The maximum atomic E-state index is 13.0. The Bertz CT molecular complexity index is 588. The Kier molecular flexibility index (Phi) is 4.55. The minimum absolute atomic E-state index is 0.0378. The van der Waals surface area contributed by atoms with Crippen molar-refractivity contribution in [3.8, 4) is 5.75 Å². The van der Waals surface area contributed by atoms with Crippen molar-refractivity contribution in [2.45, 2.75) is 32.3 Å². The summed E-state index contributed by atoms with van der Waals surface area (Å²) in [5.41, 5.74) is 1.12. The van der Waals surface area contributed by atoms with Crippen molar-refractivity contribution in [2.75, 3.05) is 33.3 Å². The zero-order chi connectivity index (χ0) is 16.4.